The molecule has 1 aliphatic rings. The van der Waals surface area contributed by atoms with E-state index in [-0.39, 0.29) is 6.10 Å². The van der Waals surface area contributed by atoms with Crippen LogP contribution in [-0.2, 0) is 9.47 Å². The van der Waals surface area contributed by atoms with Crippen molar-refractivity contribution in [2.75, 3.05) is 31.7 Å². The first-order valence-electron chi connectivity index (χ1n) is 6.54. The van der Waals surface area contributed by atoms with Crippen molar-refractivity contribution in [3.05, 3.63) is 18.1 Å². The number of hydrogen-bond donors (Lipinski definition) is 1. The van der Waals surface area contributed by atoms with Gasteiger partial charge in [-0.2, -0.15) is 5.26 Å². The van der Waals surface area contributed by atoms with Crippen LogP contribution in [0.25, 0.3) is 0 Å². The number of ether oxygens (including phenoxy) is 2. The first-order chi connectivity index (χ1) is 9.38. The quantitative estimate of drug-likeness (QED) is 0.747. The fourth-order valence-corrected chi connectivity index (χ4v) is 1.86. The number of rotatable bonds is 7. The van der Waals surface area contributed by atoms with Crippen LogP contribution >= 0.6 is 0 Å². The fraction of sp³-hybridized carbons (Fsp3) is 0.615. The van der Waals surface area contributed by atoms with Crippen molar-refractivity contribution in [3.8, 4) is 6.07 Å². The van der Waals surface area contributed by atoms with E-state index >= 15 is 0 Å². The van der Waals surface area contributed by atoms with Crippen LogP contribution in [0.4, 0.5) is 5.82 Å². The number of nitrogens with one attached hydrogen (secondary N) is 1. The normalized spacial score (nSPS) is 18.2. The third kappa shape index (κ3) is 4.81. The van der Waals surface area contributed by atoms with Gasteiger partial charge in [-0.3, -0.25) is 0 Å². The molecule has 0 spiro atoms. The minimum atomic E-state index is 0.289. The molecule has 1 fully saturated rings. The first kappa shape index (κ1) is 13.7. The van der Waals surface area contributed by atoms with E-state index in [4.69, 9.17) is 14.7 Å². The zero-order chi connectivity index (χ0) is 13.3. The van der Waals surface area contributed by atoms with Crippen LogP contribution in [0.15, 0.2) is 12.4 Å². The molecule has 0 aliphatic carbocycles. The Hall–Kier alpha value is -1.71. The van der Waals surface area contributed by atoms with Gasteiger partial charge in [0.15, 0.2) is 5.69 Å². The highest BCUT2D eigenvalue weighted by molar-refractivity contribution is 5.32. The molecule has 102 valence electrons. The van der Waals surface area contributed by atoms with Crippen LogP contribution in [-0.4, -0.2) is 42.4 Å². The molecule has 0 saturated carbocycles. The van der Waals surface area contributed by atoms with Crippen molar-refractivity contribution in [1.29, 1.82) is 5.26 Å². The molecular weight excluding hydrogens is 244 g/mol. The lowest BCUT2D eigenvalue weighted by Crippen LogP contribution is -2.15. The van der Waals surface area contributed by atoms with Gasteiger partial charge in [0.2, 0.25) is 0 Å². The van der Waals surface area contributed by atoms with Crippen molar-refractivity contribution in [3.63, 3.8) is 0 Å². The second-order valence-corrected chi connectivity index (χ2v) is 4.39. The molecule has 1 aromatic heterocycles. The zero-order valence-electron chi connectivity index (χ0n) is 10.8. The fourth-order valence-electron chi connectivity index (χ4n) is 1.86. The summed E-state index contributed by atoms with van der Waals surface area (Å²) in [6.07, 6.45) is 6.46. The Morgan fingerprint density at radius 1 is 1.47 bits per heavy atom. The van der Waals surface area contributed by atoms with Gasteiger partial charge >= 0.3 is 0 Å². The average molecular weight is 262 g/mol. The van der Waals surface area contributed by atoms with Gasteiger partial charge in [-0.05, 0) is 19.3 Å². The highest BCUT2D eigenvalue weighted by Gasteiger charge is 2.14. The van der Waals surface area contributed by atoms with E-state index in [0.717, 1.165) is 32.4 Å². The molecule has 6 nitrogen and oxygen atoms in total. The highest BCUT2D eigenvalue weighted by atomic mass is 16.5. The van der Waals surface area contributed by atoms with Crippen molar-refractivity contribution in [2.24, 2.45) is 0 Å². The van der Waals surface area contributed by atoms with Crippen molar-refractivity contribution in [1.82, 2.24) is 9.97 Å². The molecule has 1 aliphatic heterocycles. The molecular formula is C13H18N4O2. The van der Waals surface area contributed by atoms with Gasteiger partial charge < -0.3 is 14.8 Å². The maximum absolute atomic E-state index is 8.59. The molecule has 1 saturated heterocycles. The Morgan fingerprint density at radius 3 is 3.11 bits per heavy atom. The van der Waals surface area contributed by atoms with Gasteiger partial charge in [-0.15, -0.1) is 0 Å². The molecule has 0 radical (unpaired) electrons. The molecule has 1 aromatic rings. The Bertz CT molecular complexity index is 410. The van der Waals surface area contributed by atoms with Gasteiger partial charge in [0.1, 0.15) is 11.9 Å². The van der Waals surface area contributed by atoms with Crippen LogP contribution in [0.2, 0.25) is 0 Å². The van der Waals surface area contributed by atoms with Gasteiger partial charge in [0, 0.05) is 19.8 Å². The summed E-state index contributed by atoms with van der Waals surface area (Å²) in [5, 5.41) is 11.7. The number of anilines is 1. The topological polar surface area (TPSA) is 80.1 Å². The van der Waals surface area contributed by atoms with E-state index in [0.29, 0.717) is 24.7 Å². The molecule has 1 N–H and O–H groups in total. The summed E-state index contributed by atoms with van der Waals surface area (Å²) in [6.45, 7) is 3.03. The molecule has 0 amide bonds. The van der Waals surface area contributed by atoms with Gasteiger partial charge in [0.05, 0.1) is 25.1 Å². The number of nitrogens with zero attached hydrogens (tertiary/aromatic N) is 3. The number of aromatic nitrogens is 2. The van der Waals surface area contributed by atoms with Crippen LogP contribution in [0.5, 0.6) is 0 Å². The summed E-state index contributed by atoms with van der Waals surface area (Å²) in [7, 11) is 0. The van der Waals surface area contributed by atoms with Crippen LogP contribution in [0, 0.1) is 11.3 Å². The number of hydrogen-bond acceptors (Lipinski definition) is 6. The van der Waals surface area contributed by atoms with Crippen molar-refractivity contribution < 1.29 is 9.47 Å². The SMILES string of the molecule is N#Cc1cnc(NCCCOCC2CCCO2)cn1. The molecule has 2 heterocycles. The van der Waals surface area contributed by atoms with E-state index in [1.807, 2.05) is 6.07 Å². The minimum Gasteiger partial charge on any atom is -0.379 e. The standard InChI is InChI=1S/C13H18N4O2/c14-7-11-8-17-13(9-16-11)15-4-2-5-18-10-12-3-1-6-19-12/h8-9,12H,1-6,10H2,(H,15,17). The molecule has 19 heavy (non-hydrogen) atoms. The first-order valence-corrected chi connectivity index (χ1v) is 6.54. The molecule has 0 bridgehead atoms. The third-order valence-electron chi connectivity index (χ3n) is 2.87. The van der Waals surface area contributed by atoms with E-state index in [1.54, 1.807) is 6.20 Å². The maximum Gasteiger partial charge on any atom is 0.158 e. The molecule has 6 heteroatoms. The lowest BCUT2D eigenvalue weighted by molar-refractivity contribution is 0.0172. The smallest absolute Gasteiger partial charge is 0.158 e. The predicted octanol–water partition coefficient (Wildman–Crippen LogP) is 1.35. The monoisotopic (exact) mass is 262 g/mol. The summed E-state index contributed by atoms with van der Waals surface area (Å²) >= 11 is 0. The Balaban J connectivity index is 1.52. The zero-order valence-corrected chi connectivity index (χ0v) is 10.8. The summed E-state index contributed by atoms with van der Waals surface area (Å²) in [5.74, 6) is 0.679. The average Bonchev–Trinajstić information content (AvgIpc) is 2.96. The maximum atomic E-state index is 8.59. The van der Waals surface area contributed by atoms with E-state index in [2.05, 4.69) is 15.3 Å². The summed E-state index contributed by atoms with van der Waals surface area (Å²) in [6, 6.07) is 1.93. The molecule has 1 atom stereocenters. The Labute approximate surface area is 112 Å². The largest absolute Gasteiger partial charge is 0.379 e. The molecule has 0 aromatic carbocycles. The van der Waals surface area contributed by atoms with E-state index in [1.165, 1.54) is 6.20 Å². The lowest BCUT2D eigenvalue weighted by Gasteiger charge is -2.10. The second kappa shape index (κ2) is 7.67. The summed E-state index contributed by atoms with van der Waals surface area (Å²) in [5.41, 5.74) is 0.324. The van der Waals surface area contributed by atoms with Gasteiger partial charge in [-0.25, -0.2) is 9.97 Å². The lowest BCUT2D eigenvalue weighted by atomic mass is 10.2. The van der Waals surface area contributed by atoms with Crippen LogP contribution in [0.1, 0.15) is 25.0 Å². The van der Waals surface area contributed by atoms with Crippen molar-refractivity contribution in [2.45, 2.75) is 25.4 Å². The van der Waals surface area contributed by atoms with Crippen LogP contribution < -0.4 is 5.32 Å². The second-order valence-electron chi connectivity index (χ2n) is 4.39. The van der Waals surface area contributed by atoms with E-state index < -0.39 is 0 Å². The third-order valence-corrected chi connectivity index (χ3v) is 2.87. The van der Waals surface area contributed by atoms with Crippen molar-refractivity contribution >= 4 is 5.82 Å². The predicted molar refractivity (Wildman–Crippen MR) is 69.6 cm³/mol. The minimum absolute atomic E-state index is 0.289. The van der Waals surface area contributed by atoms with Crippen LogP contribution in [0.3, 0.4) is 0 Å². The molecule has 2 rings (SSSR count). The Morgan fingerprint density at radius 2 is 2.42 bits per heavy atom. The Kier molecular flexibility index (Phi) is 5.53. The highest BCUT2D eigenvalue weighted by Crippen LogP contribution is 2.11. The molecule has 1 unspecified atom stereocenters. The summed E-state index contributed by atoms with van der Waals surface area (Å²) < 4.78 is 11.0. The number of nitriles is 1. The van der Waals surface area contributed by atoms with Gasteiger partial charge in [0.25, 0.3) is 0 Å². The van der Waals surface area contributed by atoms with Gasteiger partial charge in [-0.1, -0.05) is 0 Å². The summed E-state index contributed by atoms with van der Waals surface area (Å²) in [4.78, 5) is 8.00. The van der Waals surface area contributed by atoms with E-state index in [9.17, 15) is 0 Å².